The van der Waals surface area contributed by atoms with E-state index in [9.17, 15) is 18.0 Å². The Morgan fingerprint density at radius 2 is 2.03 bits per heavy atom. The predicted molar refractivity (Wildman–Crippen MR) is 119 cm³/mol. The van der Waals surface area contributed by atoms with Crippen molar-refractivity contribution >= 4 is 39.3 Å². The monoisotopic (exact) mass is 524 g/mol. The van der Waals surface area contributed by atoms with Crippen molar-refractivity contribution in [3.63, 3.8) is 0 Å². The van der Waals surface area contributed by atoms with Gasteiger partial charge in [0.25, 0.3) is 0 Å². The van der Waals surface area contributed by atoms with Crippen molar-refractivity contribution in [2.75, 3.05) is 22.6 Å². The van der Waals surface area contributed by atoms with E-state index in [0.29, 0.717) is 39.9 Å². The molecule has 3 aromatic rings. The van der Waals surface area contributed by atoms with Crippen molar-refractivity contribution in [2.24, 2.45) is 0 Å². The van der Waals surface area contributed by atoms with Gasteiger partial charge in [-0.2, -0.15) is 23.3 Å². The molecule has 0 saturated carbocycles. The number of aromatic nitrogens is 5. The van der Waals surface area contributed by atoms with E-state index in [-0.39, 0.29) is 18.5 Å². The van der Waals surface area contributed by atoms with Gasteiger partial charge in [0.1, 0.15) is 22.0 Å². The molecule has 9 nitrogen and oxygen atoms in total. The molecule has 1 amide bonds. The number of carbonyl (C=O) groups excluding carboxylic acids is 1. The SMILES string of the molecule is Cc1nc(NCc2cn(Cc3ccc(C(F)(F)F)nc3)nc2Br)nc2c1NC(=O)[C@H](C)N2C. The molecular weight excluding hydrogens is 505 g/mol. The summed E-state index contributed by atoms with van der Waals surface area (Å²) in [7, 11) is 1.80. The molecule has 4 heterocycles. The normalized spacial score (nSPS) is 15.9. The third-order valence-electron chi connectivity index (χ3n) is 5.30. The van der Waals surface area contributed by atoms with Gasteiger partial charge in [-0.25, -0.2) is 4.98 Å². The second-order valence-electron chi connectivity index (χ2n) is 7.65. The number of anilines is 3. The Morgan fingerprint density at radius 3 is 2.70 bits per heavy atom. The molecule has 13 heteroatoms. The first-order chi connectivity index (χ1) is 15.5. The van der Waals surface area contributed by atoms with Gasteiger partial charge in [-0.15, -0.1) is 0 Å². The lowest BCUT2D eigenvalue weighted by Crippen LogP contribution is -2.44. The molecule has 4 rings (SSSR count). The molecule has 174 valence electrons. The molecule has 0 radical (unpaired) electrons. The molecule has 1 atom stereocenters. The number of fused-ring (bicyclic) bond motifs is 1. The summed E-state index contributed by atoms with van der Waals surface area (Å²) >= 11 is 3.41. The third-order valence-corrected chi connectivity index (χ3v) is 5.96. The fourth-order valence-corrected chi connectivity index (χ4v) is 3.76. The number of likely N-dealkylation sites (N-methyl/N-ethyl adjacent to an activating group) is 1. The van der Waals surface area contributed by atoms with E-state index in [2.05, 4.69) is 46.6 Å². The summed E-state index contributed by atoms with van der Waals surface area (Å²) in [5.74, 6) is 0.909. The molecule has 2 N–H and O–H groups in total. The summed E-state index contributed by atoms with van der Waals surface area (Å²) in [5.41, 5.74) is 1.69. The fourth-order valence-electron chi connectivity index (χ4n) is 3.31. The Balaban J connectivity index is 1.46. The lowest BCUT2D eigenvalue weighted by molar-refractivity contribution is -0.141. The van der Waals surface area contributed by atoms with Gasteiger partial charge in [0.05, 0.1) is 12.2 Å². The summed E-state index contributed by atoms with van der Waals surface area (Å²) in [4.78, 5) is 26.3. The van der Waals surface area contributed by atoms with Gasteiger partial charge >= 0.3 is 6.18 Å². The number of hydrogen-bond acceptors (Lipinski definition) is 7. The molecule has 0 unspecified atom stereocenters. The highest BCUT2D eigenvalue weighted by Crippen LogP contribution is 2.32. The van der Waals surface area contributed by atoms with E-state index in [1.165, 1.54) is 12.3 Å². The summed E-state index contributed by atoms with van der Waals surface area (Å²) < 4.78 is 40.2. The van der Waals surface area contributed by atoms with Gasteiger partial charge in [-0.3, -0.25) is 14.5 Å². The van der Waals surface area contributed by atoms with Gasteiger partial charge < -0.3 is 15.5 Å². The number of nitrogens with zero attached hydrogens (tertiary/aromatic N) is 6. The molecule has 3 aromatic heterocycles. The first kappa shape index (κ1) is 23.0. The quantitative estimate of drug-likeness (QED) is 0.525. The van der Waals surface area contributed by atoms with Crippen LogP contribution < -0.4 is 15.5 Å². The number of amides is 1. The smallest absolute Gasteiger partial charge is 0.350 e. The van der Waals surface area contributed by atoms with Crippen molar-refractivity contribution in [3.8, 4) is 0 Å². The van der Waals surface area contributed by atoms with Crippen LogP contribution in [-0.2, 0) is 24.1 Å². The predicted octanol–water partition coefficient (Wildman–Crippen LogP) is 3.60. The maximum absolute atomic E-state index is 12.7. The maximum Gasteiger partial charge on any atom is 0.433 e. The number of halogens is 4. The molecule has 0 aliphatic carbocycles. The van der Waals surface area contributed by atoms with Gasteiger partial charge in [-0.1, -0.05) is 6.07 Å². The molecule has 0 saturated heterocycles. The largest absolute Gasteiger partial charge is 0.433 e. The standard InChI is InChI=1S/C20H20BrF3N8O/c1-10-15-17(31(3)11(2)18(33)28-15)29-19(27-10)26-7-13-9-32(30-16(13)21)8-12-4-5-14(25-6-12)20(22,23)24/h4-6,9,11H,7-8H2,1-3H3,(H,28,33)(H,26,27,29)/t11-/m0/s1. The summed E-state index contributed by atoms with van der Waals surface area (Å²) in [5, 5.41) is 10.3. The number of nitrogens with one attached hydrogen (secondary N) is 2. The van der Waals surface area contributed by atoms with Gasteiger partial charge in [0.15, 0.2) is 5.82 Å². The van der Waals surface area contributed by atoms with Crippen LogP contribution in [0.5, 0.6) is 0 Å². The first-order valence-electron chi connectivity index (χ1n) is 9.93. The summed E-state index contributed by atoms with van der Waals surface area (Å²) in [6, 6.07) is 1.97. The minimum Gasteiger partial charge on any atom is -0.350 e. The van der Waals surface area contributed by atoms with Crippen molar-refractivity contribution in [3.05, 3.63) is 51.6 Å². The van der Waals surface area contributed by atoms with Crippen LogP contribution in [0, 0.1) is 6.92 Å². The van der Waals surface area contributed by atoms with Crippen LogP contribution >= 0.6 is 15.9 Å². The molecule has 0 aromatic carbocycles. The van der Waals surface area contributed by atoms with E-state index in [1.54, 1.807) is 36.7 Å². The number of alkyl halides is 3. The van der Waals surface area contributed by atoms with Crippen LogP contribution in [0.2, 0.25) is 0 Å². The number of pyridine rings is 1. The van der Waals surface area contributed by atoms with Crippen LogP contribution in [0.4, 0.5) is 30.6 Å². The van der Waals surface area contributed by atoms with Crippen LogP contribution in [0.3, 0.4) is 0 Å². The van der Waals surface area contributed by atoms with Crippen LogP contribution in [0.1, 0.15) is 29.4 Å². The fraction of sp³-hybridized carbons (Fsp3) is 0.350. The van der Waals surface area contributed by atoms with E-state index < -0.39 is 11.9 Å². The van der Waals surface area contributed by atoms with E-state index in [1.807, 2.05) is 0 Å². The maximum atomic E-state index is 12.7. The molecular formula is C20H20BrF3N8O. The van der Waals surface area contributed by atoms with Crippen molar-refractivity contribution in [1.82, 2.24) is 24.7 Å². The third kappa shape index (κ3) is 4.77. The topological polar surface area (TPSA) is 101 Å². The van der Waals surface area contributed by atoms with Crippen LogP contribution in [0.25, 0.3) is 0 Å². The number of rotatable bonds is 5. The Morgan fingerprint density at radius 1 is 1.27 bits per heavy atom. The number of aryl methyl sites for hydroxylation is 1. The molecule has 0 bridgehead atoms. The number of carbonyl (C=O) groups is 1. The molecule has 1 aliphatic heterocycles. The lowest BCUT2D eigenvalue weighted by atomic mass is 10.2. The van der Waals surface area contributed by atoms with Crippen molar-refractivity contribution in [1.29, 1.82) is 0 Å². The van der Waals surface area contributed by atoms with E-state index >= 15 is 0 Å². The zero-order valence-electron chi connectivity index (χ0n) is 17.9. The zero-order valence-corrected chi connectivity index (χ0v) is 19.5. The summed E-state index contributed by atoms with van der Waals surface area (Å²) in [6.45, 7) is 4.21. The van der Waals surface area contributed by atoms with Crippen LogP contribution in [-0.4, -0.2) is 43.7 Å². The second kappa shape index (κ2) is 8.61. The van der Waals surface area contributed by atoms with E-state index in [4.69, 9.17) is 0 Å². The van der Waals surface area contributed by atoms with Gasteiger partial charge in [0.2, 0.25) is 11.9 Å². The minimum atomic E-state index is -4.47. The highest BCUT2D eigenvalue weighted by molar-refractivity contribution is 9.10. The Kier molecular flexibility index (Phi) is 5.99. The Labute approximate surface area is 195 Å². The van der Waals surface area contributed by atoms with Gasteiger partial charge in [0, 0.05) is 31.5 Å². The first-order valence-corrected chi connectivity index (χ1v) is 10.7. The average molecular weight is 525 g/mol. The average Bonchev–Trinajstić information content (AvgIpc) is 3.10. The summed E-state index contributed by atoms with van der Waals surface area (Å²) in [6.07, 6.45) is -1.51. The molecule has 1 aliphatic rings. The molecule has 0 spiro atoms. The minimum absolute atomic E-state index is 0.114. The van der Waals surface area contributed by atoms with Crippen molar-refractivity contribution in [2.45, 2.75) is 39.2 Å². The second-order valence-corrected chi connectivity index (χ2v) is 8.40. The van der Waals surface area contributed by atoms with Gasteiger partial charge in [-0.05, 0) is 41.4 Å². The van der Waals surface area contributed by atoms with Crippen LogP contribution in [0.15, 0.2) is 29.1 Å². The molecule has 33 heavy (non-hydrogen) atoms. The number of hydrogen-bond donors (Lipinski definition) is 2. The molecule has 0 fully saturated rings. The highest BCUT2D eigenvalue weighted by atomic mass is 79.9. The Bertz CT molecular complexity index is 1200. The van der Waals surface area contributed by atoms with Crippen molar-refractivity contribution < 1.29 is 18.0 Å². The Hall–Kier alpha value is -3.22. The lowest BCUT2D eigenvalue weighted by Gasteiger charge is -2.32. The highest BCUT2D eigenvalue weighted by Gasteiger charge is 2.32. The zero-order chi connectivity index (χ0) is 23.9. The van der Waals surface area contributed by atoms with E-state index in [0.717, 1.165) is 11.6 Å².